The summed E-state index contributed by atoms with van der Waals surface area (Å²) in [7, 11) is 0. The lowest BCUT2D eigenvalue weighted by atomic mass is 9.87. The minimum Gasteiger partial charge on any atom is -0.368 e. The molecule has 0 bridgehead atoms. The number of hydrogen-bond donors (Lipinski definition) is 0. The van der Waals surface area contributed by atoms with Gasteiger partial charge < -0.3 is 4.74 Å². The van der Waals surface area contributed by atoms with Crippen LogP contribution in [-0.4, -0.2) is 18.0 Å². The molecule has 0 saturated heterocycles. The first-order valence-corrected chi connectivity index (χ1v) is 7.93. The number of carbonyl (C=O) groups excluding carboxylic acids is 1. The normalized spacial score (nSPS) is 14.3. The minimum absolute atomic E-state index is 0.224. The first kappa shape index (κ1) is 15.2. The lowest BCUT2D eigenvalue weighted by molar-refractivity contribution is -0.144. The molecule has 0 atom stereocenters. The Morgan fingerprint density at radius 1 is 1.15 bits per heavy atom. The predicted molar refractivity (Wildman–Crippen MR) is 82.1 cm³/mol. The Labute approximate surface area is 122 Å². The average Bonchev–Trinajstić information content (AvgIpc) is 2.92. The first-order valence-electron chi connectivity index (χ1n) is 7.93. The van der Waals surface area contributed by atoms with Crippen LogP contribution < -0.4 is 0 Å². The second-order valence-electron chi connectivity index (χ2n) is 5.69. The molecule has 0 saturated carbocycles. The van der Waals surface area contributed by atoms with E-state index in [0.717, 1.165) is 24.8 Å². The topological polar surface area (TPSA) is 26.3 Å². The van der Waals surface area contributed by atoms with E-state index in [9.17, 15) is 4.79 Å². The number of ketones is 1. The van der Waals surface area contributed by atoms with E-state index in [1.54, 1.807) is 0 Å². The van der Waals surface area contributed by atoms with E-state index < -0.39 is 5.60 Å². The van der Waals surface area contributed by atoms with E-state index in [4.69, 9.17) is 4.74 Å². The molecule has 110 valence electrons. The van der Waals surface area contributed by atoms with Gasteiger partial charge in [-0.1, -0.05) is 32.0 Å². The fourth-order valence-electron chi connectivity index (χ4n) is 3.29. The lowest BCUT2D eigenvalue weighted by Gasteiger charge is -2.30. The fraction of sp³-hybridized carbons (Fsp3) is 0.611. The van der Waals surface area contributed by atoms with E-state index in [1.807, 2.05) is 20.8 Å². The molecule has 0 unspecified atom stereocenters. The van der Waals surface area contributed by atoms with E-state index in [1.165, 1.54) is 24.0 Å². The van der Waals surface area contributed by atoms with Crippen molar-refractivity contribution in [3.8, 4) is 0 Å². The van der Waals surface area contributed by atoms with Gasteiger partial charge in [-0.15, -0.1) is 0 Å². The zero-order valence-electron chi connectivity index (χ0n) is 13.0. The Hall–Kier alpha value is -1.15. The summed E-state index contributed by atoms with van der Waals surface area (Å²) in [5.41, 5.74) is 3.45. The average molecular weight is 274 g/mol. The number of Topliss-reactive ketones (excluding diaryl/α,β-unsaturated/α-hetero) is 1. The highest BCUT2D eigenvalue weighted by molar-refractivity contribution is 5.89. The van der Waals surface area contributed by atoms with E-state index in [-0.39, 0.29) is 5.78 Å². The van der Waals surface area contributed by atoms with Gasteiger partial charge >= 0.3 is 0 Å². The zero-order chi connectivity index (χ0) is 14.6. The molecule has 0 aliphatic heterocycles. The number of hydrogen-bond acceptors (Lipinski definition) is 2. The van der Waals surface area contributed by atoms with Crippen molar-refractivity contribution in [3.63, 3.8) is 0 Å². The van der Waals surface area contributed by atoms with Gasteiger partial charge in [-0.3, -0.25) is 4.79 Å². The molecule has 0 fully saturated rings. The van der Waals surface area contributed by atoms with Crippen LogP contribution in [0.5, 0.6) is 0 Å². The summed E-state index contributed by atoms with van der Waals surface area (Å²) in [6, 6.07) is 6.54. The summed E-state index contributed by atoms with van der Waals surface area (Å²) in [5.74, 6) is 0.224. The third kappa shape index (κ3) is 2.95. The van der Waals surface area contributed by atoms with Crippen molar-refractivity contribution >= 4 is 5.78 Å². The third-order valence-corrected chi connectivity index (χ3v) is 4.60. The van der Waals surface area contributed by atoms with Gasteiger partial charge in [0, 0.05) is 13.0 Å². The summed E-state index contributed by atoms with van der Waals surface area (Å²) in [5, 5.41) is 0. The van der Waals surface area contributed by atoms with Crippen molar-refractivity contribution in [2.24, 2.45) is 0 Å². The molecule has 0 heterocycles. The molecule has 0 N–H and O–H groups in total. The van der Waals surface area contributed by atoms with Crippen molar-refractivity contribution in [1.82, 2.24) is 0 Å². The quantitative estimate of drug-likeness (QED) is 0.754. The number of rotatable bonds is 7. The lowest BCUT2D eigenvalue weighted by Crippen LogP contribution is -2.41. The van der Waals surface area contributed by atoms with Crippen LogP contribution in [-0.2, 0) is 28.8 Å². The number of ether oxygens (including phenoxy) is 1. The van der Waals surface area contributed by atoms with Gasteiger partial charge in [0.15, 0.2) is 5.78 Å². The molecule has 2 heteroatoms. The van der Waals surface area contributed by atoms with E-state index in [2.05, 4.69) is 18.2 Å². The van der Waals surface area contributed by atoms with E-state index in [0.29, 0.717) is 13.0 Å². The smallest absolute Gasteiger partial charge is 0.168 e. The molecule has 0 aromatic heterocycles. The number of benzene rings is 1. The number of carbonyl (C=O) groups is 1. The van der Waals surface area contributed by atoms with Crippen molar-refractivity contribution < 1.29 is 9.53 Å². The fourth-order valence-corrected chi connectivity index (χ4v) is 3.29. The molecule has 20 heavy (non-hydrogen) atoms. The Kier molecular flexibility index (Phi) is 4.98. The molecule has 1 aliphatic carbocycles. The maximum absolute atomic E-state index is 12.7. The van der Waals surface area contributed by atoms with Crippen LogP contribution in [0.3, 0.4) is 0 Å². The van der Waals surface area contributed by atoms with Crippen LogP contribution in [0.15, 0.2) is 18.2 Å². The van der Waals surface area contributed by atoms with Crippen molar-refractivity contribution in [2.45, 2.75) is 64.9 Å². The maximum Gasteiger partial charge on any atom is 0.168 e. The SMILES string of the molecule is CCOC(CC)(CC)C(=O)Cc1ccc2c(c1)CCC2. The Morgan fingerprint density at radius 2 is 1.85 bits per heavy atom. The second kappa shape index (κ2) is 6.53. The Bertz CT molecular complexity index is 472. The molecule has 1 aliphatic rings. The van der Waals surface area contributed by atoms with Crippen molar-refractivity contribution in [3.05, 3.63) is 34.9 Å². The van der Waals surface area contributed by atoms with Crippen LogP contribution in [0.1, 0.15) is 56.7 Å². The zero-order valence-corrected chi connectivity index (χ0v) is 13.0. The van der Waals surface area contributed by atoms with Gasteiger partial charge in [0.25, 0.3) is 0 Å². The number of aryl methyl sites for hydroxylation is 2. The highest BCUT2D eigenvalue weighted by atomic mass is 16.5. The molecule has 0 spiro atoms. The van der Waals surface area contributed by atoms with Gasteiger partial charge in [0.2, 0.25) is 0 Å². The van der Waals surface area contributed by atoms with Gasteiger partial charge in [0.05, 0.1) is 0 Å². The largest absolute Gasteiger partial charge is 0.368 e. The Balaban J connectivity index is 2.13. The highest BCUT2D eigenvalue weighted by Gasteiger charge is 2.34. The first-order chi connectivity index (χ1) is 9.65. The molecule has 0 radical (unpaired) electrons. The highest BCUT2D eigenvalue weighted by Crippen LogP contribution is 2.26. The van der Waals surface area contributed by atoms with Crippen LogP contribution in [0.4, 0.5) is 0 Å². The van der Waals surface area contributed by atoms with E-state index >= 15 is 0 Å². The molecule has 1 aromatic rings. The molecule has 2 rings (SSSR count). The minimum atomic E-state index is -0.590. The molecule has 0 amide bonds. The number of fused-ring (bicyclic) bond motifs is 1. The van der Waals surface area contributed by atoms with Crippen LogP contribution in [0.25, 0.3) is 0 Å². The van der Waals surface area contributed by atoms with Crippen LogP contribution in [0.2, 0.25) is 0 Å². The third-order valence-electron chi connectivity index (χ3n) is 4.60. The molecule has 1 aromatic carbocycles. The summed E-state index contributed by atoms with van der Waals surface area (Å²) in [6.07, 6.45) is 5.60. The molecular formula is C18H26O2. The maximum atomic E-state index is 12.7. The molecule has 2 nitrogen and oxygen atoms in total. The standard InChI is InChI=1S/C18H26O2/c1-4-18(5-2,20-6-3)17(19)13-14-10-11-15-8-7-9-16(15)12-14/h10-12H,4-9,13H2,1-3H3. The van der Waals surface area contributed by atoms with Crippen molar-refractivity contribution in [1.29, 1.82) is 0 Å². The monoisotopic (exact) mass is 274 g/mol. The Morgan fingerprint density at radius 3 is 2.50 bits per heavy atom. The predicted octanol–water partition coefficient (Wildman–Crippen LogP) is 3.88. The summed E-state index contributed by atoms with van der Waals surface area (Å²) in [4.78, 5) is 12.7. The summed E-state index contributed by atoms with van der Waals surface area (Å²) in [6.45, 7) is 6.64. The van der Waals surface area contributed by atoms with Gasteiger partial charge in [0.1, 0.15) is 5.60 Å². The van der Waals surface area contributed by atoms with Gasteiger partial charge in [-0.2, -0.15) is 0 Å². The van der Waals surface area contributed by atoms with Gasteiger partial charge in [-0.05, 0) is 55.7 Å². The molecular weight excluding hydrogens is 248 g/mol. The van der Waals surface area contributed by atoms with Gasteiger partial charge in [-0.25, -0.2) is 0 Å². The second-order valence-corrected chi connectivity index (χ2v) is 5.69. The van der Waals surface area contributed by atoms with Crippen LogP contribution in [0, 0.1) is 0 Å². The summed E-state index contributed by atoms with van der Waals surface area (Å²) >= 11 is 0. The van der Waals surface area contributed by atoms with Crippen LogP contribution >= 0.6 is 0 Å². The van der Waals surface area contributed by atoms with Crippen molar-refractivity contribution in [2.75, 3.05) is 6.61 Å². The summed E-state index contributed by atoms with van der Waals surface area (Å²) < 4.78 is 5.81.